The van der Waals surface area contributed by atoms with Gasteiger partial charge in [0, 0.05) is 16.3 Å². The molecule has 1 atom stereocenters. The number of rotatable bonds is 2. The van der Waals surface area contributed by atoms with Gasteiger partial charge in [-0.15, -0.1) is 0 Å². The summed E-state index contributed by atoms with van der Waals surface area (Å²) in [6.07, 6.45) is 2.17. The van der Waals surface area contributed by atoms with Crippen LogP contribution in [0, 0.1) is 0 Å². The number of carbonyl (C=O) groups excluding carboxylic acids is 1. The van der Waals surface area contributed by atoms with Gasteiger partial charge in [-0.2, -0.15) is 0 Å². The Morgan fingerprint density at radius 1 is 1.40 bits per heavy atom. The first kappa shape index (κ1) is 14.9. The van der Waals surface area contributed by atoms with Crippen molar-refractivity contribution >= 4 is 28.8 Å². The van der Waals surface area contributed by atoms with Crippen molar-refractivity contribution in [2.45, 2.75) is 39.3 Å². The zero-order valence-electron chi connectivity index (χ0n) is 12.5. The fourth-order valence-corrected chi connectivity index (χ4v) is 3.18. The summed E-state index contributed by atoms with van der Waals surface area (Å²) >= 11 is 6.14. The predicted molar refractivity (Wildman–Crippen MR) is 83.1 cm³/mol. The first-order valence-corrected chi connectivity index (χ1v) is 7.02. The minimum Gasteiger partial charge on any atom is -0.467 e. The molecule has 108 valence electrons. The lowest BCUT2D eigenvalue weighted by Gasteiger charge is -2.45. The summed E-state index contributed by atoms with van der Waals surface area (Å²) in [5.74, 6) is -0.253. The van der Waals surface area contributed by atoms with Crippen LogP contribution in [0.25, 0.3) is 5.57 Å². The molecule has 0 N–H and O–H groups in total. The van der Waals surface area contributed by atoms with Crippen LogP contribution in [-0.4, -0.2) is 24.7 Å². The predicted octanol–water partition coefficient (Wildman–Crippen LogP) is 3.90. The van der Waals surface area contributed by atoms with Crippen molar-refractivity contribution in [3.63, 3.8) is 0 Å². The number of halogens is 1. The largest absolute Gasteiger partial charge is 0.467 e. The summed E-state index contributed by atoms with van der Waals surface area (Å²) in [4.78, 5) is 14.0. The Hall–Kier alpha value is -1.48. The van der Waals surface area contributed by atoms with Gasteiger partial charge < -0.3 is 9.64 Å². The Kier molecular flexibility index (Phi) is 3.83. The molecule has 1 aliphatic rings. The van der Waals surface area contributed by atoms with Crippen LogP contribution in [0.4, 0.5) is 5.69 Å². The van der Waals surface area contributed by atoms with Crippen LogP contribution in [0.2, 0.25) is 5.02 Å². The maximum atomic E-state index is 12.0. The number of anilines is 1. The van der Waals surface area contributed by atoms with E-state index in [1.807, 2.05) is 25.1 Å². The summed E-state index contributed by atoms with van der Waals surface area (Å²) < 4.78 is 4.90. The molecule has 0 aliphatic carbocycles. The van der Waals surface area contributed by atoms with Gasteiger partial charge in [0.15, 0.2) is 0 Å². The van der Waals surface area contributed by atoms with Crippen LogP contribution in [0.5, 0.6) is 0 Å². The maximum absolute atomic E-state index is 12.0. The Labute approximate surface area is 125 Å². The van der Waals surface area contributed by atoms with Crippen LogP contribution >= 0.6 is 11.6 Å². The van der Waals surface area contributed by atoms with Gasteiger partial charge in [0.25, 0.3) is 0 Å². The Morgan fingerprint density at radius 2 is 2.05 bits per heavy atom. The molecule has 1 heterocycles. The lowest BCUT2D eigenvalue weighted by molar-refractivity contribution is -0.142. The maximum Gasteiger partial charge on any atom is 0.328 e. The average Bonchev–Trinajstić information content (AvgIpc) is 2.35. The smallest absolute Gasteiger partial charge is 0.328 e. The SMILES string of the molecule is COC(=O)[C@H](C)N1c2cc(Cl)ccc2C(C)=CC1(C)C. The number of methoxy groups -OCH3 is 1. The van der Waals surface area contributed by atoms with E-state index in [0.29, 0.717) is 5.02 Å². The molecule has 4 heteroatoms. The highest BCUT2D eigenvalue weighted by atomic mass is 35.5. The lowest BCUT2D eigenvalue weighted by Crippen LogP contribution is -2.53. The second-order valence-corrected chi connectivity index (χ2v) is 6.15. The van der Waals surface area contributed by atoms with E-state index in [0.717, 1.165) is 11.3 Å². The van der Waals surface area contributed by atoms with Gasteiger partial charge in [0.05, 0.1) is 12.6 Å². The van der Waals surface area contributed by atoms with Crippen LogP contribution in [0.1, 0.15) is 33.3 Å². The van der Waals surface area contributed by atoms with Gasteiger partial charge in [-0.1, -0.05) is 23.7 Å². The summed E-state index contributed by atoms with van der Waals surface area (Å²) in [6.45, 7) is 8.10. The molecule has 0 spiro atoms. The van der Waals surface area contributed by atoms with Gasteiger partial charge in [0.2, 0.25) is 0 Å². The highest BCUT2D eigenvalue weighted by molar-refractivity contribution is 6.31. The van der Waals surface area contributed by atoms with Crippen molar-refractivity contribution in [2.24, 2.45) is 0 Å². The number of nitrogens with zero attached hydrogens (tertiary/aromatic N) is 1. The Balaban J connectivity index is 2.61. The van der Waals surface area contributed by atoms with E-state index in [9.17, 15) is 4.79 Å². The van der Waals surface area contributed by atoms with E-state index in [1.165, 1.54) is 12.7 Å². The molecule has 0 saturated heterocycles. The molecule has 3 nitrogen and oxygen atoms in total. The third kappa shape index (κ3) is 2.42. The molecule has 0 aromatic heterocycles. The molecule has 0 radical (unpaired) electrons. The van der Waals surface area contributed by atoms with E-state index in [2.05, 4.69) is 31.7 Å². The van der Waals surface area contributed by atoms with E-state index in [4.69, 9.17) is 16.3 Å². The molecule has 2 rings (SSSR count). The van der Waals surface area contributed by atoms with Gasteiger partial charge >= 0.3 is 5.97 Å². The monoisotopic (exact) mass is 293 g/mol. The Bertz CT molecular complexity index is 578. The highest BCUT2D eigenvalue weighted by Gasteiger charge is 2.37. The summed E-state index contributed by atoms with van der Waals surface area (Å²) in [6, 6.07) is 5.40. The quantitative estimate of drug-likeness (QED) is 0.775. The first-order valence-electron chi connectivity index (χ1n) is 6.64. The summed E-state index contributed by atoms with van der Waals surface area (Å²) in [7, 11) is 1.41. The number of benzene rings is 1. The molecule has 20 heavy (non-hydrogen) atoms. The Morgan fingerprint density at radius 3 is 2.65 bits per heavy atom. The minimum atomic E-state index is -0.378. The number of carbonyl (C=O) groups is 1. The van der Waals surface area contributed by atoms with E-state index in [-0.39, 0.29) is 17.6 Å². The van der Waals surface area contributed by atoms with Crippen molar-refractivity contribution in [1.82, 2.24) is 0 Å². The van der Waals surface area contributed by atoms with E-state index in [1.54, 1.807) is 0 Å². The molecule has 1 aromatic carbocycles. The van der Waals surface area contributed by atoms with E-state index < -0.39 is 0 Å². The summed E-state index contributed by atoms with van der Waals surface area (Å²) in [5.41, 5.74) is 2.98. The topological polar surface area (TPSA) is 29.5 Å². The lowest BCUT2D eigenvalue weighted by atomic mass is 9.87. The standard InChI is InChI=1S/C16H20ClNO2/c1-10-9-16(3,4)18(11(2)15(19)20-5)14-8-12(17)6-7-13(10)14/h6-9,11H,1-5H3/t11-/m0/s1. The fraction of sp³-hybridized carbons (Fsp3) is 0.438. The second-order valence-electron chi connectivity index (χ2n) is 5.71. The van der Waals surface area contributed by atoms with Crippen LogP contribution < -0.4 is 4.90 Å². The number of hydrogen-bond donors (Lipinski definition) is 0. The first-order chi connectivity index (χ1) is 9.27. The molecular weight excluding hydrogens is 274 g/mol. The molecule has 0 saturated carbocycles. The third-order valence-corrected chi connectivity index (χ3v) is 4.00. The van der Waals surface area contributed by atoms with Crippen molar-refractivity contribution in [3.8, 4) is 0 Å². The minimum absolute atomic E-state index is 0.253. The molecule has 0 unspecified atom stereocenters. The van der Waals surface area contributed by atoms with Crippen molar-refractivity contribution in [3.05, 3.63) is 34.9 Å². The average molecular weight is 294 g/mol. The molecule has 1 aliphatic heterocycles. The van der Waals surface area contributed by atoms with Gasteiger partial charge in [-0.25, -0.2) is 4.79 Å². The van der Waals surface area contributed by atoms with Crippen molar-refractivity contribution < 1.29 is 9.53 Å². The van der Waals surface area contributed by atoms with Gasteiger partial charge in [0.1, 0.15) is 6.04 Å². The van der Waals surface area contributed by atoms with Gasteiger partial charge in [-0.3, -0.25) is 0 Å². The normalized spacial score (nSPS) is 18.1. The zero-order valence-corrected chi connectivity index (χ0v) is 13.3. The van der Waals surface area contributed by atoms with Crippen molar-refractivity contribution in [2.75, 3.05) is 12.0 Å². The fourth-order valence-electron chi connectivity index (χ4n) is 3.01. The molecule has 0 amide bonds. The second kappa shape index (κ2) is 5.13. The van der Waals surface area contributed by atoms with Crippen LogP contribution in [-0.2, 0) is 9.53 Å². The molecule has 0 fully saturated rings. The number of allylic oxidation sites excluding steroid dienone is 1. The number of hydrogen-bond acceptors (Lipinski definition) is 3. The number of fused-ring (bicyclic) bond motifs is 1. The summed E-state index contributed by atoms with van der Waals surface area (Å²) in [5, 5.41) is 0.663. The highest BCUT2D eigenvalue weighted by Crippen LogP contribution is 2.41. The molecule has 0 bridgehead atoms. The van der Waals surface area contributed by atoms with Gasteiger partial charge in [-0.05, 0) is 45.4 Å². The zero-order chi connectivity index (χ0) is 15.1. The number of ether oxygens (including phenoxy) is 1. The molecular formula is C16H20ClNO2. The van der Waals surface area contributed by atoms with Crippen molar-refractivity contribution in [1.29, 1.82) is 0 Å². The van der Waals surface area contributed by atoms with Crippen LogP contribution in [0.3, 0.4) is 0 Å². The van der Waals surface area contributed by atoms with Crippen LogP contribution in [0.15, 0.2) is 24.3 Å². The van der Waals surface area contributed by atoms with E-state index >= 15 is 0 Å². The third-order valence-electron chi connectivity index (χ3n) is 3.76. The molecule has 1 aromatic rings. The number of esters is 1.